The number of likely N-dealkylation sites (tertiary alicyclic amines) is 1. The standard InChI is InChI=1S/C27H30N2O5/c1-17-14-29(16-26(17,2)24(31)32)23(30)27(12-7-13-27)28-25(33)34-15-22-20-10-5-3-8-18(20)19-9-4-6-11-21(19)22/h3-6,8-11,17,22H,7,12-16H2,1-2H3,(H,28,33)(H,31,32). The molecule has 2 aromatic rings. The fraction of sp³-hybridized carbons (Fsp3) is 0.444. The monoisotopic (exact) mass is 462 g/mol. The molecule has 0 aromatic heterocycles. The van der Waals surface area contributed by atoms with Gasteiger partial charge in [0.25, 0.3) is 0 Å². The van der Waals surface area contributed by atoms with Crippen LogP contribution in [0.15, 0.2) is 48.5 Å². The van der Waals surface area contributed by atoms with Crippen molar-refractivity contribution < 1.29 is 24.2 Å². The van der Waals surface area contributed by atoms with Crippen molar-refractivity contribution >= 4 is 18.0 Å². The van der Waals surface area contributed by atoms with Crippen LogP contribution in [0.25, 0.3) is 11.1 Å². The molecule has 2 atom stereocenters. The summed E-state index contributed by atoms with van der Waals surface area (Å²) < 4.78 is 5.67. The molecule has 1 saturated carbocycles. The molecule has 0 spiro atoms. The van der Waals surface area contributed by atoms with Crippen molar-refractivity contribution in [2.24, 2.45) is 11.3 Å². The molecule has 2 unspecified atom stereocenters. The minimum absolute atomic E-state index is 0.0538. The normalized spacial score (nSPS) is 24.6. The van der Waals surface area contributed by atoms with Gasteiger partial charge in [0.15, 0.2) is 0 Å². The van der Waals surface area contributed by atoms with Gasteiger partial charge < -0.3 is 20.1 Å². The first-order valence-corrected chi connectivity index (χ1v) is 11.9. The Bertz CT molecular complexity index is 1110. The third-order valence-corrected chi connectivity index (χ3v) is 8.18. The lowest BCUT2D eigenvalue weighted by molar-refractivity contribution is -0.149. The largest absolute Gasteiger partial charge is 0.481 e. The van der Waals surface area contributed by atoms with Crippen LogP contribution in [0.5, 0.6) is 0 Å². The van der Waals surface area contributed by atoms with Crippen molar-refractivity contribution in [2.75, 3.05) is 19.7 Å². The Balaban J connectivity index is 1.27. The summed E-state index contributed by atoms with van der Waals surface area (Å²) in [5.74, 6) is -1.33. The second kappa shape index (κ2) is 8.15. The second-order valence-corrected chi connectivity index (χ2v) is 10.2. The van der Waals surface area contributed by atoms with Gasteiger partial charge in [-0.25, -0.2) is 4.79 Å². The quantitative estimate of drug-likeness (QED) is 0.700. The summed E-state index contributed by atoms with van der Waals surface area (Å²) in [6, 6.07) is 16.3. The number of ether oxygens (including phenoxy) is 1. The Hall–Kier alpha value is -3.35. The SMILES string of the molecule is CC1CN(C(=O)C2(NC(=O)OCC3c4ccccc4-c4ccccc43)CCC2)CC1(C)C(=O)O. The number of carboxylic acid groups (broad SMARTS) is 1. The van der Waals surface area contributed by atoms with Crippen molar-refractivity contribution in [3.05, 3.63) is 59.7 Å². The van der Waals surface area contributed by atoms with E-state index in [4.69, 9.17) is 4.74 Å². The molecule has 7 nitrogen and oxygen atoms in total. The summed E-state index contributed by atoms with van der Waals surface area (Å²) in [6.45, 7) is 4.24. The van der Waals surface area contributed by atoms with E-state index >= 15 is 0 Å². The molecule has 178 valence electrons. The van der Waals surface area contributed by atoms with Gasteiger partial charge in [-0.2, -0.15) is 0 Å². The van der Waals surface area contributed by atoms with Crippen LogP contribution in [0.4, 0.5) is 4.79 Å². The number of carboxylic acids is 1. The molecule has 2 amide bonds. The molecule has 7 heteroatoms. The summed E-state index contributed by atoms with van der Waals surface area (Å²) in [5, 5.41) is 12.5. The van der Waals surface area contributed by atoms with E-state index in [-0.39, 0.29) is 30.9 Å². The van der Waals surface area contributed by atoms with Gasteiger partial charge in [0.2, 0.25) is 5.91 Å². The second-order valence-electron chi connectivity index (χ2n) is 10.2. The van der Waals surface area contributed by atoms with Crippen LogP contribution in [-0.2, 0) is 14.3 Å². The highest BCUT2D eigenvalue weighted by molar-refractivity contribution is 5.92. The molecule has 34 heavy (non-hydrogen) atoms. The van der Waals surface area contributed by atoms with Crippen LogP contribution in [0.2, 0.25) is 0 Å². The first-order chi connectivity index (χ1) is 16.2. The van der Waals surface area contributed by atoms with E-state index in [1.807, 2.05) is 31.2 Å². The number of nitrogens with zero attached hydrogens (tertiary/aromatic N) is 1. The molecule has 0 radical (unpaired) electrons. The number of benzene rings is 2. The van der Waals surface area contributed by atoms with E-state index in [1.165, 1.54) is 0 Å². The van der Waals surface area contributed by atoms with Crippen LogP contribution < -0.4 is 5.32 Å². The predicted molar refractivity (Wildman–Crippen MR) is 126 cm³/mol. The fourth-order valence-corrected chi connectivity index (χ4v) is 5.64. The zero-order chi connectivity index (χ0) is 24.1. The number of hydrogen-bond acceptors (Lipinski definition) is 4. The third kappa shape index (κ3) is 3.45. The van der Waals surface area contributed by atoms with E-state index < -0.39 is 23.0 Å². The van der Waals surface area contributed by atoms with E-state index in [0.29, 0.717) is 19.4 Å². The molecular formula is C27H30N2O5. The average Bonchev–Trinajstić information content (AvgIpc) is 3.29. The molecule has 2 aliphatic carbocycles. The zero-order valence-corrected chi connectivity index (χ0v) is 19.5. The number of alkyl carbamates (subject to hydrolysis) is 1. The van der Waals surface area contributed by atoms with Gasteiger partial charge in [0.1, 0.15) is 12.1 Å². The molecule has 1 saturated heterocycles. The first kappa shape index (κ1) is 22.4. The maximum absolute atomic E-state index is 13.4. The summed E-state index contributed by atoms with van der Waals surface area (Å²) in [4.78, 5) is 39.6. The molecule has 1 heterocycles. The molecule has 0 bridgehead atoms. The van der Waals surface area contributed by atoms with Gasteiger partial charge in [0, 0.05) is 19.0 Å². The number of hydrogen-bond donors (Lipinski definition) is 2. The van der Waals surface area contributed by atoms with Gasteiger partial charge >= 0.3 is 12.1 Å². The van der Waals surface area contributed by atoms with E-state index in [9.17, 15) is 19.5 Å². The number of carbonyl (C=O) groups excluding carboxylic acids is 2. The van der Waals surface area contributed by atoms with Crippen LogP contribution in [-0.4, -0.2) is 53.2 Å². The Labute approximate surface area is 199 Å². The molecule has 5 rings (SSSR count). The summed E-state index contributed by atoms with van der Waals surface area (Å²) >= 11 is 0. The smallest absolute Gasteiger partial charge is 0.408 e. The molecule has 2 aromatic carbocycles. The zero-order valence-electron chi connectivity index (χ0n) is 19.5. The minimum Gasteiger partial charge on any atom is -0.481 e. The lowest BCUT2D eigenvalue weighted by Gasteiger charge is -2.42. The van der Waals surface area contributed by atoms with Gasteiger partial charge in [-0.1, -0.05) is 55.5 Å². The Morgan fingerprint density at radius 2 is 1.65 bits per heavy atom. The van der Waals surface area contributed by atoms with Crippen molar-refractivity contribution in [1.29, 1.82) is 0 Å². The molecule has 1 aliphatic heterocycles. The lowest BCUT2D eigenvalue weighted by atomic mass is 9.75. The van der Waals surface area contributed by atoms with E-state index in [1.54, 1.807) is 11.8 Å². The number of aliphatic carboxylic acids is 1. The molecule has 2 fully saturated rings. The highest BCUT2D eigenvalue weighted by Crippen LogP contribution is 2.45. The van der Waals surface area contributed by atoms with Crippen LogP contribution >= 0.6 is 0 Å². The number of nitrogens with one attached hydrogen (secondary N) is 1. The average molecular weight is 463 g/mol. The first-order valence-electron chi connectivity index (χ1n) is 11.9. The highest BCUT2D eigenvalue weighted by Gasteiger charge is 2.54. The van der Waals surface area contributed by atoms with Gasteiger partial charge in [0.05, 0.1) is 5.41 Å². The van der Waals surface area contributed by atoms with Crippen LogP contribution in [0, 0.1) is 11.3 Å². The van der Waals surface area contributed by atoms with Gasteiger partial charge in [-0.3, -0.25) is 9.59 Å². The number of fused-ring (bicyclic) bond motifs is 3. The van der Waals surface area contributed by atoms with Crippen LogP contribution in [0.1, 0.15) is 50.2 Å². The molecular weight excluding hydrogens is 432 g/mol. The Morgan fingerprint density at radius 3 is 2.15 bits per heavy atom. The van der Waals surface area contributed by atoms with Crippen molar-refractivity contribution in [3.8, 4) is 11.1 Å². The number of carbonyl (C=O) groups is 3. The maximum Gasteiger partial charge on any atom is 0.408 e. The van der Waals surface area contributed by atoms with E-state index in [0.717, 1.165) is 28.7 Å². The van der Waals surface area contributed by atoms with Crippen molar-refractivity contribution in [2.45, 2.75) is 44.6 Å². The molecule has 2 N–H and O–H groups in total. The molecule has 3 aliphatic rings. The topological polar surface area (TPSA) is 95.9 Å². The van der Waals surface area contributed by atoms with Crippen molar-refractivity contribution in [3.63, 3.8) is 0 Å². The van der Waals surface area contributed by atoms with E-state index in [2.05, 4.69) is 29.6 Å². The maximum atomic E-state index is 13.4. The van der Waals surface area contributed by atoms with Gasteiger partial charge in [-0.05, 0) is 54.4 Å². The summed E-state index contributed by atoms with van der Waals surface area (Å²) in [7, 11) is 0. The minimum atomic E-state index is -1.01. The number of amides is 2. The fourth-order valence-electron chi connectivity index (χ4n) is 5.64. The summed E-state index contributed by atoms with van der Waals surface area (Å²) in [6.07, 6.45) is 1.29. The summed E-state index contributed by atoms with van der Waals surface area (Å²) in [5.41, 5.74) is 2.58. The predicted octanol–water partition coefficient (Wildman–Crippen LogP) is 4.02. The highest BCUT2D eigenvalue weighted by atomic mass is 16.5. The van der Waals surface area contributed by atoms with Crippen molar-refractivity contribution in [1.82, 2.24) is 10.2 Å². The Kier molecular flexibility index (Phi) is 5.38. The van der Waals surface area contributed by atoms with Gasteiger partial charge in [-0.15, -0.1) is 0 Å². The lowest BCUT2D eigenvalue weighted by Crippen LogP contribution is -2.63. The van der Waals surface area contributed by atoms with Crippen LogP contribution in [0.3, 0.4) is 0 Å². The number of rotatable bonds is 5. The third-order valence-electron chi connectivity index (χ3n) is 8.18. The Morgan fingerprint density at radius 1 is 1.06 bits per heavy atom.